The fourth-order valence-corrected chi connectivity index (χ4v) is 1.44. The Hall–Kier alpha value is -1.69. The molecule has 6 nitrogen and oxygen atoms in total. The highest BCUT2D eigenvalue weighted by Gasteiger charge is 2.14. The lowest BCUT2D eigenvalue weighted by molar-refractivity contribution is 0.0773. The summed E-state index contributed by atoms with van der Waals surface area (Å²) in [5, 5.41) is 0. The van der Waals surface area contributed by atoms with Crippen molar-refractivity contribution < 1.29 is 9.53 Å². The van der Waals surface area contributed by atoms with Gasteiger partial charge in [0.1, 0.15) is 5.69 Å². The smallest absolute Gasteiger partial charge is 0.272 e. The first-order valence-corrected chi connectivity index (χ1v) is 5.40. The van der Waals surface area contributed by atoms with Gasteiger partial charge in [0, 0.05) is 33.0 Å². The first-order chi connectivity index (χ1) is 8.04. The fraction of sp³-hybridized carbons (Fsp3) is 0.545. The number of amides is 1. The van der Waals surface area contributed by atoms with Crippen LogP contribution >= 0.6 is 0 Å². The SMILES string of the molecule is COCCCN(C)C(=O)c1cc(C)nc(N)n1. The Balaban J connectivity index is 2.68. The Kier molecular flexibility index (Phi) is 4.84. The molecule has 1 aromatic heterocycles. The minimum atomic E-state index is -0.154. The second-order valence-electron chi connectivity index (χ2n) is 3.83. The molecule has 0 aromatic carbocycles. The molecule has 1 heterocycles. The summed E-state index contributed by atoms with van der Waals surface area (Å²) in [5.74, 6) is -0.0306. The Morgan fingerprint density at radius 3 is 2.82 bits per heavy atom. The summed E-state index contributed by atoms with van der Waals surface area (Å²) >= 11 is 0. The number of hydrogen-bond donors (Lipinski definition) is 1. The highest BCUT2D eigenvalue weighted by Crippen LogP contribution is 2.05. The zero-order valence-corrected chi connectivity index (χ0v) is 10.4. The topological polar surface area (TPSA) is 81.3 Å². The summed E-state index contributed by atoms with van der Waals surface area (Å²) in [6.45, 7) is 3.03. The quantitative estimate of drug-likeness (QED) is 0.754. The third kappa shape index (κ3) is 3.99. The number of anilines is 1. The van der Waals surface area contributed by atoms with Crippen molar-refractivity contribution in [3.8, 4) is 0 Å². The lowest BCUT2D eigenvalue weighted by Gasteiger charge is -2.16. The summed E-state index contributed by atoms with van der Waals surface area (Å²) in [5.41, 5.74) is 6.52. The van der Waals surface area contributed by atoms with Crippen molar-refractivity contribution in [2.75, 3.05) is 33.0 Å². The number of aryl methyl sites for hydroxylation is 1. The van der Waals surface area contributed by atoms with E-state index in [1.807, 2.05) is 0 Å². The van der Waals surface area contributed by atoms with Gasteiger partial charge in [0.05, 0.1) is 0 Å². The van der Waals surface area contributed by atoms with Crippen LogP contribution in [0.4, 0.5) is 5.95 Å². The molecular formula is C11H18N4O2. The van der Waals surface area contributed by atoms with Crippen LogP contribution in [0.3, 0.4) is 0 Å². The molecule has 0 spiro atoms. The number of nitrogen functional groups attached to an aromatic ring is 1. The van der Waals surface area contributed by atoms with Gasteiger partial charge in [-0.3, -0.25) is 4.79 Å². The number of methoxy groups -OCH3 is 1. The van der Waals surface area contributed by atoms with Gasteiger partial charge in [-0.15, -0.1) is 0 Å². The number of nitrogens with zero attached hydrogens (tertiary/aromatic N) is 3. The largest absolute Gasteiger partial charge is 0.385 e. The number of aromatic nitrogens is 2. The molecule has 0 aliphatic heterocycles. The number of rotatable bonds is 5. The first kappa shape index (κ1) is 13.4. The van der Waals surface area contributed by atoms with E-state index >= 15 is 0 Å². The zero-order chi connectivity index (χ0) is 12.8. The summed E-state index contributed by atoms with van der Waals surface area (Å²) in [6, 6.07) is 1.63. The van der Waals surface area contributed by atoms with Gasteiger partial charge in [-0.2, -0.15) is 0 Å². The molecule has 1 rings (SSSR count). The van der Waals surface area contributed by atoms with Crippen molar-refractivity contribution in [3.63, 3.8) is 0 Å². The maximum Gasteiger partial charge on any atom is 0.272 e. The van der Waals surface area contributed by atoms with E-state index in [0.29, 0.717) is 24.5 Å². The average molecular weight is 238 g/mol. The van der Waals surface area contributed by atoms with Gasteiger partial charge < -0.3 is 15.4 Å². The van der Waals surface area contributed by atoms with Crippen LogP contribution in [-0.2, 0) is 4.74 Å². The van der Waals surface area contributed by atoms with Crippen LogP contribution in [0.1, 0.15) is 22.6 Å². The number of ether oxygens (including phenoxy) is 1. The standard InChI is InChI=1S/C11H18N4O2/c1-8-7-9(14-11(12)13-8)10(16)15(2)5-4-6-17-3/h7H,4-6H2,1-3H3,(H2,12,13,14). The van der Waals surface area contributed by atoms with E-state index in [4.69, 9.17) is 10.5 Å². The molecule has 0 unspecified atom stereocenters. The van der Waals surface area contributed by atoms with Crippen LogP contribution in [0.5, 0.6) is 0 Å². The molecule has 17 heavy (non-hydrogen) atoms. The highest BCUT2D eigenvalue weighted by molar-refractivity contribution is 5.92. The third-order valence-corrected chi connectivity index (χ3v) is 2.28. The van der Waals surface area contributed by atoms with Crippen molar-refractivity contribution in [2.45, 2.75) is 13.3 Å². The van der Waals surface area contributed by atoms with Gasteiger partial charge >= 0.3 is 0 Å². The summed E-state index contributed by atoms with van der Waals surface area (Å²) < 4.78 is 4.93. The molecule has 2 N–H and O–H groups in total. The summed E-state index contributed by atoms with van der Waals surface area (Å²) in [6.07, 6.45) is 0.790. The highest BCUT2D eigenvalue weighted by atomic mass is 16.5. The van der Waals surface area contributed by atoms with Crippen molar-refractivity contribution in [1.82, 2.24) is 14.9 Å². The van der Waals surface area contributed by atoms with Crippen molar-refractivity contribution in [3.05, 3.63) is 17.5 Å². The van der Waals surface area contributed by atoms with Gasteiger partial charge in [0.15, 0.2) is 0 Å². The molecule has 0 atom stereocenters. The monoisotopic (exact) mass is 238 g/mol. The number of nitrogens with two attached hydrogens (primary N) is 1. The predicted molar refractivity (Wildman–Crippen MR) is 64.6 cm³/mol. The molecule has 1 aromatic rings. The number of hydrogen-bond acceptors (Lipinski definition) is 5. The van der Waals surface area contributed by atoms with Gasteiger partial charge in [-0.05, 0) is 19.4 Å². The van der Waals surface area contributed by atoms with E-state index in [1.165, 1.54) is 0 Å². The van der Waals surface area contributed by atoms with Crippen LogP contribution < -0.4 is 5.73 Å². The molecule has 1 amide bonds. The third-order valence-electron chi connectivity index (χ3n) is 2.28. The maximum absolute atomic E-state index is 12.0. The lowest BCUT2D eigenvalue weighted by Crippen LogP contribution is -2.29. The van der Waals surface area contributed by atoms with Crippen molar-refractivity contribution >= 4 is 11.9 Å². The van der Waals surface area contributed by atoms with Crippen LogP contribution in [0.25, 0.3) is 0 Å². The number of carbonyl (C=O) groups excluding carboxylic acids is 1. The van der Waals surface area contributed by atoms with Crippen molar-refractivity contribution in [2.24, 2.45) is 0 Å². The lowest BCUT2D eigenvalue weighted by atomic mass is 10.3. The molecule has 0 aliphatic rings. The second-order valence-corrected chi connectivity index (χ2v) is 3.83. The number of carbonyl (C=O) groups is 1. The van der Waals surface area contributed by atoms with E-state index in [-0.39, 0.29) is 11.9 Å². The minimum absolute atomic E-state index is 0.124. The predicted octanol–water partition coefficient (Wildman–Crippen LogP) is 0.476. The van der Waals surface area contributed by atoms with Gasteiger partial charge in [0.2, 0.25) is 5.95 Å². The molecule has 0 saturated heterocycles. The van der Waals surface area contributed by atoms with Crippen molar-refractivity contribution in [1.29, 1.82) is 0 Å². The minimum Gasteiger partial charge on any atom is -0.385 e. The Labute approximate surface area is 101 Å². The van der Waals surface area contributed by atoms with Crippen LogP contribution in [0, 0.1) is 6.92 Å². The zero-order valence-electron chi connectivity index (χ0n) is 10.4. The Bertz CT molecular complexity index is 375. The Morgan fingerprint density at radius 2 is 2.24 bits per heavy atom. The molecule has 6 heteroatoms. The molecule has 0 aliphatic carbocycles. The van der Waals surface area contributed by atoms with Crippen LogP contribution in [-0.4, -0.2) is 48.1 Å². The molecule has 94 valence electrons. The summed E-state index contributed by atoms with van der Waals surface area (Å²) in [7, 11) is 3.36. The second kappa shape index (κ2) is 6.15. The average Bonchev–Trinajstić information content (AvgIpc) is 2.27. The van der Waals surface area contributed by atoms with E-state index in [1.54, 1.807) is 32.0 Å². The molecule has 0 fully saturated rings. The van der Waals surface area contributed by atoms with E-state index < -0.39 is 0 Å². The van der Waals surface area contributed by atoms with Crippen LogP contribution in [0.15, 0.2) is 6.07 Å². The first-order valence-electron chi connectivity index (χ1n) is 5.40. The van der Waals surface area contributed by atoms with E-state index in [9.17, 15) is 4.79 Å². The van der Waals surface area contributed by atoms with E-state index in [2.05, 4.69) is 9.97 Å². The Morgan fingerprint density at radius 1 is 1.53 bits per heavy atom. The van der Waals surface area contributed by atoms with Crippen LogP contribution in [0.2, 0.25) is 0 Å². The fourth-order valence-electron chi connectivity index (χ4n) is 1.44. The molecule has 0 bridgehead atoms. The van der Waals surface area contributed by atoms with Gasteiger partial charge in [-0.1, -0.05) is 0 Å². The molecule has 0 radical (unpaired) electrons. The normalized spacial score (nSPS) is 10.3. The van der Waals surface area contributed by atoms with Gasteiger partial charge in [0.25, 0.3) is 5.91 Å². The molecular weight excluding hydrogens is 220 g/mol. The summed E-state index contributed by atoms with van der Waals surface area (Å²) in [4.78, 5) is 21.4. The maximum atomic E-state index is 12.0. The molecule has 0 saturated carbocycles. The van der Waals surface area contributed by atoms with Gasteiger partial charge in [-0.25, -0.2) is 9.97 Å². The van der Waals surface area contributed by atoms with E-state index in [0.717, 1.165) is 6.42 Å².